The standard InChI is InChI=1S/C17H16F2N2O3S/c1-9(2)8-23-15-12(6-20)4-11(5-13(15)24-17(18)19)16-21-10(3)14(7-22)25-16/h4-5,7,9,17H,8H2,1-3H3. The van der Waals surface area contributed by atoms with Crippen LogP contribution < -0.4 is 9.47 Å². The molecular formula is C17H16F2N2O3S. The van der Waals surface area contributed by atoms with E-state index in [9.17, 15) is 18.8 Å². The number of halogens is 2. The maximum Gasteiger partial charge on any atom is 0.387 e. The van der Waals surface area contributed by atoms with Crippen molar-refractivity contribution in [1.82, 2.24) is 4.98 Å². The molecular weight excluding hydrogens is 350 g/mol. The molecule has 2 aromatic rings. The molecule has 5 nitrogen and oxygen atoms in total. The van der Waals surface area contributed by atoms with Gasteiger partial charge in [0.05, 0.1) is 22.7 Å². The Morgan fingerprint density at radius 2 is 2.12 bits per heavy atom. The van der Waals surface area contributed by atoms with Crippen LogP contribution in [0.15, 0.2) is 12.1 Å². The number of nitriles is 1. The molecule has 0 radical (unpaired) electrons. The fourth-order valence-corrected chi connectivity index (χ4v) is 2.90. The van der Waals surface area contributed by atoms with Gasteiger partial charge in [-0.3, -0.25) is 4.79 Å². The molecule has 0 N–H and O–H groups in total. The van der Waals surface area contributed by atoms with Crippen molar-refractivity contribution in [3.63, 3.8) is 0 Å². The van der Waals surface area contributed by atoms with E-state index in [0.29, 0.717) is 27.4 Å². The van der Waals surface area contributed by atoms with Gasteiger partial charge in [0.1, 0.15) is 11.1 Å². The summed E-state index contributed by atoms with van der Waals surface area (Å²) in [6.07, 6.45) is 0.679. The van der Waals surface area contributed by atoms with E-state index in [-0.39, 0.29) is 29.6 Å². The smallest absolute Gasteiger partial charge is 0.387 e. The molecule has 0 saturated heterocycles. The van der Waals surface area contributed by atoms with Gasteiger partial charge in [-0.1, -0.05) is 13.8 Å². The van der Waals surface area contributed by atoms with E-state index >= 15 is 0 Å². The van der Waals surface area contributed by atoms with Crippen LogP contribution in [0.1, 0.15) is 34.8 Å². The Morgan fingerprint density at radius 1 is 1.40 bits per heavy atom. The molecule has 1 heterocycles. The van der Waals surface area contributed by atoms with Crippen molar-refractivity contribution in [3.05, 3.63) is 28.3 Å². The third kappa shape index (κ3) is 4.51. The lowest BCUT2D eigenvalue weighted by Crippen LogP contribution is -2.09. The lowest BCUT2D eigenvalue weighted by atomic mass is 10.1. The predicted octanol–water partition coefficient (Wildman–Crippen LogP) is 4.44. The maximum absolute atomic E-state index is 12.8. The van der Waals surface area contributed by atoms with Crippen LogP contribution in [0.25, 0.3) is 10.6 Å². The number of aromatic nitrogens is 1. The first-order valence-electron chi connectivity index (χ1n) is 7.44. The summed E-state index contributed by atoms with van der Waals surface area (Å²) < 4.78 is 35.6. The molecule has 132 valence electrons. The summed E-state index contributed by atoms with van der Waals surface area (Å²) in [5.74, 6) is -0.114. The summed E-state index contributed by atoms with van der Waals surface area (Å²) in [4.78, 5) is 15.7. The summed E-state index contributed by atoms with van der Waals surface area (Å²) in [6, 6.07) is 4.77. The largest absolute Gasteiger partial charge is 0.488 e. The highest BCUT2D eigenvalue weighted by molar-refractivity contribution is 7.16. The lowest BCUT2D eigenvalue weighted by molar-refractivity contribution is -0.0515. The van der Waals surface area contributed by atoms with Gasteiger partial charge < -0.3 is 9.47 Å². The minimum absolute atomic E-state index is 0.0239. The number of rotatable bonds is 7. The van der Waals surface area contributed by atoms with Crippen molar-refractivity contribution in [1.29, 1.82) is 5.26 Å². The number of aldehydes is 1. The van der Waals surface area contributed by atoms with Gasteiger partial charge in [0, 0.05) is 5.56 Å². The second-order valence-corrected chi connectivity index (χ2v) is 6.66. The number of ether oxygens (including phenoxy) is 2. The molecule has 0 aliphatic carbocycles. The van der Waals surface area contributed by atoms with E-state index in [1.54, 1.807) is 6.92 Å². The highest BCUT2D eigenvalue weighted by Crippen LogP contribution is 2.39. The molecule has 25 heavy (non-hydrogen) atoms. The number of benzene rings is 1. The molecule has 0 atom stereocenters. The summed E-state index contributed by atoms with van der Waals surface area (Å²) >= 11 is 1.11. The molecule has 0 unspecified atom stereocenters. The average Bonchev–Trinajstić information content (AvgIpc) is 2.93. The maximum atomic E-state index is 12.8. The second-order valence-electron chi connectivity index (χ2n) is 5.63. The Hall–Kier alpha value is -2.53. The van der Waals surface area contributed by atoms with Gasteiger partial charge in [-0.2, -0.15) is 14.0 Å². The van der Waals surface area contributed by atoms with Gasteiger partial charge in [0.2, 0.25) is 0 Å². The van der Waals surface area contributed by atoms with E-state index in [2.05, 4.69) is 9.72 Å². The number of carbonyl (C=O) groups excluding carboxylic acids is 1. The van der Waals surface area contributed by atoms with Crippen molar-refractivity contribution < 1.29 is 23.0 Å². The number of thiazole rings is 1. The van der Waals surface area contributed by atoms with Crippen molar-refractivity contribution in [2.45, 2.75) is 27.4 Å². The van der Waals surface area contributed by atoms with Crippen LogP contribution in [0.3, 0.4) is 0 Å². The summed E-state index contributed by atoms with van der Waals surface area (Å²) in [6.45, 7) is 2.65. The molecule has 0 spiro atoms. The fourth-order valence-electron chi connectivity index (χ4n) is 2.03. The second kappa shape index (κ2) is 8.03. The van der Waals surface area contributed by atoms with E-state index in [1.165, 1.54) is 12.1 Å². The number of nitrogens with zero attached hydrogens (tertiary/aromatic N) is 2. The normalized spacial score (nSPS) is 10.8. The molecule has 0 saturated carbocycles. The molecule has 0 fully saturated rings. The zero-order chi connectivity index (χ0) is 18.6. The Labute approximate surface area is 147 Å². The van der Waals surface area contributed by atoms with Crippen LogP contribution in [-0.2, 0) is 0 Å². The molecule has 1 aromatic carbocycles. The average molecular weight is 366 g/mol. The Bertz CT molecular complexity index is 813. The summed E-state index contributed by atoms with van der Waals surface area (Å²) in [5, 5.41) is 9.81. The number of aryl methyl sites for hydroxylation is 1. The summed E-state index contributed by atoms with van der Waals surface area (Å²) in [7, 11) is 0. The van der Waals surface area contributed by atoms with Crippen LogP contribution >= 0.6 is 11.3 Å². The SMILES string of the molecule is Cc1nc(-c2cc(C#N)c(OCC(C)C)c(OC(F)F)c2)sc1C=O. The van der Waals surface area contributed by atoms with Crippen LogP contribution in [0.5, 0.6) is 11.5 Å². The summed E-state index contributed by atoms with van der Waals surface area (Å²) in [5.41, 5.74) is 1.00. The highest BCUT2D eigenvalue weighted by atomic mass is 32.1. The fraction of sp³-hybridized carbons (Fsp3) is 0.353. The third-order valence-electron chi connectivity index (χ3n) is 3.14. The van der Waals surface area contributed by atoms with E-state index in [0.717, 1.165) is 11.3 Å². The van der Waals surface area contributed by atoms with Crippen molar-refractivity contribution in [2.24, 2.45) is 5.92 Å². The molecule has 0 amide bonds. The number of carbonyl (C=O) groups is 1. The predicted molar refractivity (Wildman–Crippen MR) is 89.4 cm³/mol. The van der Waals surface area contributed by atoms with Crippen molar-refractivity contribution in [3.8, 4) is 28.1 Å². The van der Waals surface area contributed by atoms with Crippen LogP contribution in [0, 0.1) is 24.2 Å². The first-order valence-corrected chi connectivity index (χ1v) is 8.26. The first kappa shape index (κ1) is 18.8. The van der Waals surface area contributed by atoms with Gasteiger partial charge >= 0.3 is 6.61 Å². The zero-order valence-corrected chi connectivity index (χ0v) is 14.7. The topological polar surface area (TPSA) is 72.2 Å². The van der Waals surface area contributed by atoms with Crippen LogP contribution in [-0.4, -0.2) is 24.5 Å². The van der Waals surface area contributed by atoms with E-state index in [4.69, 9.17) is 4.74 Å². The van der Waals surface area contributed by atoms with Gasteiger partial charge in [-0.15, -0.1) is 11.3 Å². The highest BCUT2D eigenvalue weighted by Gasteiger charge is 2.20. The van der Waals surface area contributed by atoms with Gasteiger partial charge in [-0.05, 0) is 25.0 Å². The van der Waals surface area contributed by atoms with Crippen LogP contribution in [0.2, 0.25) is 0 Å². The zero-order valence-electron chi connectivity index (χ0n) is 13.9. The quantitative estimate of drug-likeness (QED) is 0.678. The molecule has 0 bridgehead atoms. The van der Waals surface area contributed by atoms with Gasteiger partial charge in [0.25, 0.3) is 0 Å². The van der Waals surface area contributed by atoms with Gasteiger partial charge in [-0.25, -0.2) is 4.98 Å². The lowest BCUT2D eigenvalue weighted by Gasteiger charge is -2.16. The monoisotopic (exact) mass is 366 g/mol. The number of hydrogen-bond donors (Lipinski definition) is 0. The molecule has 8 heteroatoms. The molecule has 1 aromatic heterocycles. The molecule has 2 rings (SSSR count). The number of hydrogen-bond acceptors (Lipinski definition) is 6. The Balaban J connectivity index is 2.55. The van der Waals surface area contributed by atoms with Crippen molar-refractivity contribution in [2.75, 3.05) is 6.61 Å². The Morgan fingerprint density at radius 3 is 2.64 bits per heavy atom. The van der Waals surface area contributed by atoms with E-state index < -0.39 is 6.61 Å². The Kier molecular flexibility index (Phi) is 6.04. The van der Waals surface area contributed by atoms with E-state index in [1.807, 2.05) is 19.9 Å². The minimum Gasteiger partial charge on any atom is -0.488 e. The molecule has 0 aliphatic heterocycles. The van der Waals surface area contributed by atoms with Crippen LogP contribution in [0.4, 0.5) is 8.78 Å². The third-order valence-corrected chi connectivity index (χ3v) is 4.27. The van der Waals surface area contributed by atoms with Crippen molar-refractivity contribution >= 4 is 17.6 Å². The minimum atomic E-state index is -3.06. The molecule has 0 aliphatic rings. The first-order chi connectivity index (χ1) is 11.8. The van der Waals surface area contributed by atoms with Gasteiger partial charge in [0.15, 0.2) is 17.8 Å². The number of alkyl halides is 2.